The standard InChI is InChI=1S/C81H158O17P2/c1-6-9-12-15-18-21-24-26-27-28-29-30-33-37-42-47-52-57-62-67-81(86)98-77(71-92-79(84)65-60-55-50-45-41-36-34-31-32-35-39-43-48-53-58-63-74(4)5)73-96-100(89,90)94-69-75(82)68-93-99(87,88)95-72-76(70-91-78(83)64-59-54-49-44-38-23-20-17-14-11-8-3)97-80(85)66-61-56-51-46-40-25-22-19-16-13-10-7-2/h74-77,82H,6-73H2,1-5H3,(H,87,88)(H,89,90)/t75-,76+,77+/m0/s1. The molecule has 0 aromatic carbocycles. The summed E-state index contributed by atoms with van der Waals surface area (Å²) in [7, 11) is -9.92. The van der Waals surface area contributed by atoms with Crippen LogP contribution in [0.3, 0.4) is 0 Å². The Morgan fingerprint density at radius 1 is 0.270 bits per heavy atom. The molecule has 2 unspecified atom stereocenters. The van der Waals surface area contributed by atoms with E-state index in [1.165, 1.54) is 257 Å². The highest BCUT2D eigenvalue weighted by atomic mass is 31.2. The number of hydrogen-bond acceptors (Lipinski definition) is 15. The summed E-state index contributed by atoms with van der Waals surface area (Å²) < 4.78 is 68.7. The molecular formula is C81H158O17P2. The Kier molecular flexibility index (Phi) is 72.5. The lowest BCUT2D eigenvalue weighted by atomic mass is 10.0. The van der Waals surface area contributed by atoms with Gasteiger partial charge in [-0.05, 0) is 31.6 Å². The Labute approximate surface area is 613 Å². The van der Waals surface area contributed by atoms with E-state index in [9.17, 15) is 43.2 Å². The fourth-order valence-corrected chi connectivity index (χ4v) is 14.2. The van der Waals surface area contributed by atoms with Gasteiger partial charge in [0.25, 0.3) is 0 Å². The summed E-state index contributed by atoms with van der Waals surface area (Å²) in [5.74, 6) is -1.30. The fourth-order valence-electron chi connectivity index (χ4n) is 12.6. The lowest BCUT2D eigenvalue weighted by Gasteiger charge is -2.21. The second-order valence-corrected chi connectivity index (χ2v) is 32.5. The van der Waals surface area contributed by atoms with Crippen LogP contribution in [0.2, 0.25) is 0 Å². The Bertz CT molecular complexity index is 1910. The van der Waals surface area contributed by atoms with E-state index in [4.69, 9.17) is 37.0 Å². The maximum Gasteiger partial charge on any atom is 0.472 e. The van der Waals surface area contributed by atoms with Crippen LogP contribution in [-0.2, 0) is 65.4 Å². The van der Waals surface area contributed by atoms with E-state index in [0.29, 0.717) is 25.7 Å². The van der Waals surface area contributed by atoms with Gasteiger partial charge < -0.3 is 33.8 Å². The summed E-state index contributed by atoms with van der Waals surface area (Å²) in [4.78, 5) is 73.0. The first-order chi connectivity index (χ1) is 48.5. The molecule has 0 saturated carbocycles. The third kappa shape index (κ3) is 74.3. The summed E-state index contributed by atoms with van der Waals surface area (Å²) in [6.07, 6.45) is 65.1. The van der Waals surface area contributed by atoms with E-state index < -0.39 is 97.5 Å². The van der Waals surface area contributed by atoms with Crippen molar-refractivity contribution in [1.29, 1.82) is 0 Å². The molecule has 0 aliphatic heterocycles. The molecule has 17 nitrogen and oxygen atoms in total. The largest absolute Gasteiger partial charge is 0.472 e. The second kappa shape index (κ2) is 73.9. The first kappa shape index (κ1) is 98.1. The summed E-state index contributed by atoms with van der Waals surface area (Å²) >= 11 is 0. The number of phosphoric ester groups is 2. The highest BCUT2D eigenvalue weighted by Gasteiger charge is 2.30. The van der Waals surface area contributed by atoms with E-state index in [-0.39, 0.29) is 25.7 Å². The topological polar surface area (TPSA) is 237 Å². The number of esters is 4. The molecule has 0 saturated heterocycles. The number of unbranched alkanes of at least 4 members (excludes halogenated alkanes) is 53. The molecule has 0 aromatic heterocycles. The molecule has 0 rings (SSSR count). The summed E-state index contributed by atoms with van der Waals surface area (Å²) in [5, 5.41) is 10.6. The van der Waals surface area contributed by atoms with Crippen molar-refractivity contribution < 1.29 is 80.2 Å². The smallest absolute Gasteiger partial charge is 0.462 e. The molecule has 0 spiro atoms. The Hall–Kier alpha value is -1.94. The molecule has 0 aliphatic carbocycles. The van der Waals surface area contributed by atoms with Crippen LogP contribution in [0.5, 0.6) is 0 Å². The van der Waals surface area contributed by atoms with Crippen molar-refractivity contribution in [2.24, 2.45) is 5.92 Å². The zero-order valence-electron chi connectivity index (χ0n) is 65.3. The minimum atomic E-state index is -4.96. The molecule has 0 radical (unpaired) electrons. The average Bonchev–Trinajstić information content (AvgIpc) is 0.939. The number of hydrogen-bond donors (Lipinski definition) is 3. The lowest BCUT2D eigenvalue weighted by Crippen LogP contribution is -2.30. The van der Waals surface area contributed by atoms with Gasteiger partial charge >= 0.3 is 39.5 Å². The molecule has 0 aromatic rings. The number of carbonyl (C=O) groups excluding carboxylic acids is 4. The maximum atomic E-state index is 13.1. The van der Waals surface area contributed by atoms with Crippen molar-refractivity contribution in [2.45, 2.75) is 451 Å². The number of carbonyl (C=O) groups is 4. The number of aliphatic hydroxyl groups is 1. The molecule has 5 atom stereocenters. The monoisotopic (exact) mass is 1470 g/mol. The number of aliphatic hydroxyl groups excluding tert-OH is 1. The van der Waals surface area contributed by atoms with Gasteiger partial charge in [0.1, 0.15) is 19.3 Å². The predicted molar refractivity (Wildman–Crippen MR) is 409 cm³/mol. The summed E-state index contributed by atoms with van der Waals surface area (Å²) in [6, 6.07) is 0. The van der Waals surface area contributed by atoms with Gasteiger partial charge in [-0.2, -0.15) is 0 Å². The Balaban J connectivity index is 5.23. The van der Waals surface area contributed by atoms with Crippen LogP contribution in [0.15, 0.2) is 0 Å². The Morgan fingerprint density at radius 2 is 0.460 bits per heavy atom. The second-order valence-electron chi connectivity index (χ2n) is 29.6. The number of ether oxygens (including phenoxy) is 4. The summed E-state index contributed by atoms with van der Waals surface area (Å²) in [5.41, 5.74) is 0. The molecular weight excluding hydrogens is 1310 g/mol. The SMILES string of the molecule is CCCCCCCCCCCCCCCCCCCCCC(=O)O[C@H](COC(=O)CCCCCCCCCCCCCCCCCC(C)C)COP(=O)(O)OC[C@@H](O)COP(=O)(O)OC[C@@H](COC(=O)CCCCCCCCCCCCC)OC(=O)CCCCCCCCCCCCCC. The summed E-state index contributed by atoms with van der Waals surface area (Å²) in [6.45, 7) is 7.36. The number of rotatable bonds is 81. The molecule has 0 heterocycles. The van der Waals surface area contributed by atoms with Gasteiger partial charge in [-0.25, -0.2) is 9.13 Å². The van der Waals surface area contributed by atoms with Gasteiger partial charge in [0.15, 0.2) is 12.2 Å². The molecule has 100 heavy (non-hydrogen) atoms. The minimum absolute atomic E-state index is 0.108. The van der Waals surface area contributed by atoms with Crippen molar-refractivity contribution in [3.63, 3.8) is 0 Å². The molecule has 3 N–H and O–H groups in total. The van der Waals surface area contributed by atoms with Crippen molar-refractivity contribution in [1.82, 2.24) is 0 Å². The molecule has 19 heteroatoms. The van der Waals surface area contributed by atoms with Crippen molar-refractivity contribution in [3.05, 3.63) is 0 Å². The fraction of sp³-hybridized carbons (Fsp3) is 0.951. The highest BCUT2D eigenvalue weighted by Crippen LogP contribution is 2.45. The van der Waals surface area contributed by atoms with Crippen LogP contribution in [0, 0.1) is 5.92 Å². The van der Waals surface area contributed by atoms with E-state index in [2.05, 4.69) is 34.6 Å². The van der Waals surface area contributed by atoms with Gasteiger partial charge in [0.2, 0.25) is 0 Å². The number of phosphoric acid groups is 2. The lowest BCUT2D eigenvalue weighted by molar-refractivity contribution is -0.161. The normalized spacial score (nSPS) is 13.8. The van der Waals surface area contributed by atoms with Gasteiger partial charge in [-0.3, -0.25) is 37.3 Å². The van der Waals surface area contributed by atoms with Crippen LogP contribution >= 0.6 is 15.6 Å². The van der Waals surface area contributed by atoms with E-state index in [0.717, 1.165) is 95.8 Å². The molecule has 594 valence electrons. The Morgan fingerprint density at radius 3 is 0.680 bits per heavy atom. The van der Waals surface area contributed by atoms with Crippen LogP contribution in [0.4, 0.5) is 0 Å². The zero-order valence-corrected chi connectivity index (χ0v) is 67.1. The van der Waals surface area contributed by atoms with Gasteiger partial charge in [0.05, 0.1) is 26.4 Å². The van der Waals surface area contributed by atoms with Crippen LogP contribution in [-0.4, -0.2) is 96.7 Å². The molecule has 0 bridgehead atoms. The van der Waals surface area contributed by atoms with Gasteiger partial charge in [-0.15, -0.1) is 0 Å². The minimum Gasteiger partial charge on any atom is -0.462 e. The first-order valence-corrected chi connectivity index (χ1v) is 45.1. The highest BCUT2D eigenvalue weighted by molar-refractivity contribution is 7.47. The zero-order chi connectivity index (χ0) is 73.4. The molecule has 0 aliphatic rings. The first-order valence-electron chi connectivity index (χ1n) is 42.1. The van der Waals surface area contributed by atoms with Crippen molar-refractivity contribution in [2.75, 3.05) is 39.6 Å². The molecule has 0 amide bonds. The molecule has 0 fully saturated rings. The maximum absolute atomic E-state index is 13.1. The van der Waals surface area contributed by atoms with Gasteiger partial charge in [-0.1, -0.05) is 381 Å². The van der Waals surface area contributed by atoms with Crippen LogP contribution in [0.25, 0.3) is 0 Å². The van der Waals surface area contributed by atoms with Crippen molar-refractivity contribution in [3.8, 4) is 0 Å². The van der Waals surface area contributed by atoms with Crippen molar-refractivity contribution >= 4 is 39.5 Å². The van der Waals surface area contributed by atoms with Crippen LogP contribution in [0.1, 0.15) is 433 Å². The van der Waals surface area contributed by atoms with E-state index >= 15 is 0 Å². The quantitative estimate of drug-likeness (QED) is 0.0222. The third-order valence-corrected chi connectivity index (χ3v) is 20.9. The predicted octanol–water partition coefficient (Wildman–Crippen LogP) is 24.4. The average molecular weight is 1470 g/mol. The van der Waals surface area contributed by atoms with E-state index in [1.807, 2.05) is 0 Å². The van der Waals surface area contributed by atoms with Gasteiger partial charge in [0, 0.05) is 25.7 Å². The third-order valence-electron chi connectivity index (χ3n) is 19.0. The van der Waals surface area contributed by atoms with E-state index in [1.54, 1.807) is 0 Å². The van der Waals surface area contributed by atoms with Crippen LogP contribution < -0.4 is 0 Å².